The van der Waals surface area contributed by atoms with Crippen molar-refractivity contribution in [2.24, 2.45) is 5.92 Å². The highest BCUT2D eigenvalue weighted by atomic mass is 19.1. The minimum absolute atomic E-state index is 0.0701. The number of methoxy groups -OCH3 is 3. The Morgan fingerprint density at radius 1 is 0.653 bits per heavy atom. The van der Waals surface area contributed by atoms with E-state index in [1.54, 1.807) is 44.2 Å². The maximum Gasteiger partial charge on any atom is 0.408 e. The fourth-order valence-corrected chi connectivity index (χ4v) is 4.28. The van der Waals surface area contributed by atoms with Crippen molar-refractivity contribution in [2.45, 2.75) is 83.1 Å². The quantitative estimate of drug-likeness (QED) is 0.104. The predicted molar refractivity (Wildman–Crippen MR) is 169 cm³/mol. The number of ketones is 1. The number of benzene rings is 1. The number of alkyl carbamates (subject to hydrolysis) is 1. The molecule has 0 saturated carbocycles. The minimum atomic E-state index is -1.65. The van der Waals surface area contributed by atoms with Gasteiger partial charge in [0.05, 0.1) is 27.8 Å². The van der Waals surface area contributed by atoms with E-state index in [1.165, 1.54) is 0 Å². The summed E-state index contributed by atoms with van der Waals surface area (Å²) in [6, 6.07) is 2.94. The Morgan fingerprint density at radius 2 is 1.12 bits per heavy atom. The van der Waals surface area contributed by atoms with Gasteiger partial charge in [-0.05, 0) is 30.7 Å². The van der Waals surface area contributed by atoms with Gasteiger partial charge in [0.1, 0.15) is 37.4 Å². The second-order valence-corrected chi connectivity index (χ2v) is 11.2. The molecule has 0 aliphatic heterocycles. The van der Waals surface area contributed by atoms with Gasteiger partial charge in [0, 0.05) is 12.8 Å². The molecule has 0 heterocycles. The zero-order valence-corrected chi connectivity index (χ0v) is 28.2. The number of hydrogen-bond acceptors (Lipinski definition) is 12. The fraction of sp³-hybridized carbons (Fsp3) is 0.562. The molecule has 1 rings (SSSR count). The number of amides is 4. The van der Waals surface area contributed by atoms with E-state index in [9.17, 15) is 42.7 Å². The van der Waals surface area contributed by atoms with Gasteiger partial charge in [-0.25, -0.2) is 9.18 Å². The number of Topliss-reactive ketones (excluding diaryl/α,β-unsaturated/α-hetero) is 1. The Labute approximate surface area is 283 Å². The molecule has 0 aliphatic carbocycles. The molecule has 4 atom stereocenters. The van der Waals surface area contributed by atoms with Crippen LogP contribution < -0.4 is 21.3 Å². The van der Waals surface area contributed by atoms with Crippen LogP contribution in [0.1, 0.15) is 57.9 Å². The number of carbonyl (C=O) groups is 8. The zero-order chi connectivity index (χ0) is 36.9. The Hall–Kier alpha value is -5.09. The van der Waals surface area contributed by atoms with Crippen molar-refractivity contribution in [3.63, 3.8) is 0 Å². The number of hydrogen-bond donors (Lipinski definition) is 4. The molecule has 17 heteroatoms. The van der Waals surface area contributed by atoms with Crippen LogP contribution in [0.15, 0.2) is 30.3 Å². The van der Waals surface area contributed by atoms with Crippen molar-refractivity contribution >= 4 is 47.5 Å². The van der Waals surface area contributed by atoms with Crippen molar-refractivity contribution in [3.05, 3.63) is 35.9 Å². The van der Waals surface area contributed by atoms with Crippen molar-refractivity contribution in [2.75, 3.05) is 28.0 Å². The van der Waals surface area contributed by atoms with Crippen molar-refractivity contribution in [1.82, 2.24) is 21.3 Å². The van der Waals surface area contributed by atoms with E-state index in [0.717, 1.165) is 21.3 Å². The first-order valence-electron chi connectivity index (χ1n) is 15.4. The van der Waals surface area contributed by atoms with Gasteiger partial charge >= 0.3 is 24.0 Å². The Balaban J connectivity index is 3.23. The lowest BCUT2D eigenvalue weighted by atomic mass is 10.0. The predicted octanol–water partition coefficient (Wildman–Crippen LogP) is 0.790. The van der Waals surface area contributed by atoms with E-state index >= 15 is 0 Å². The van der Waals surface area contributed by atoms with Crippen LogP contribution in [0, 0.1) is 5.92 Å². The Kier molecular flexibility index (Phi) is 19.2. The second-order valence-electron chi connectivity index (χ2n) is 11.2. The molecule has 272 valence electrons. The van der Waals surface area contributed by atoms with Crippen molar-refractivity contribution in [1.29, 1.82) is 0 Å². The van der Waals surface area contributed by atoms with Gasteiger partial charge in [-0.2, -0.15) is 0 Å². The van der Waals surface area contributed by atoms with Gasteiger partial charge in [-0.3, -0.25) is 33.6 Å². The first-order valence-corrected chi connectivity index (χ1v) is 15.4. The highest BCUT2D eigenvalue weighted by Gasteiger charge is 2.33. The third-order valence-corrected chi connectivity index (χ3v) is 6.96. The third kappa shape index (κ3) is 16.5. The maximum atomic E-state index is 13.5. The highest BCUT2D eigenvalue weighted by molar-refractivity contribution is 5.97. The van der Waals surface area contributed by atoms with E-state index in [4.69, 9.17) is 4.74 Å². The number of carbonyl (C=O) groups excluding carboxylic acids is 8. The van der Waals surface area contributed by atoms with Crippen LogP contribution in [0.4, 0.5) is 9.18 Å². The van der Waals surface area contributed by atoms with Crippen molar-refractivity contribution < 1.29 is 61.7 Å². The summed E-state index contributed by atoms with van der Waals surface area (Å²) in [5.74, 6) is -6.52. The normalized spacial score (nSPS) is 13.0. The summed E-state index contributed by atoms with van der Waals surface area (Å²) in [6.07, 6.45) is -2.90. The number of esters is 3. The molecular formula is C32H45FN4O12. The summed E-state index contributed by atoms with van der Waals surface area (Å²) in [4.78, 5) is 100. The van der Waals surface area contributed by atoms with E-state index in [-0.39, 0.29) is 38.2 Å². The summed E-state index contributed by atoms with van der Waals surface area (Å²) in [6.45, 7) is 2.00. The molecule has 1 aromatic rings. The number of ether oxygens (including phenoxy) is 4. The van der Waals surface area contributed by atoms with Gasteiger partial charge in [0.15, 0.2) is 5.78 Å². The van der Waals surface area contributed by atoms with Gasteiger partial charge in [0.25, 0.3) is 0 Å². The van der Waals surface area contributed by atoms with Crippen LogP contribution in [0.5, 0.6) is 0 Å². The van der Waals surface area contributed by atoms with Gasteiger partial charge < -0.3 is 40.2 Å². The van der Waals surface area contributed by atoms with Crippen LogP contribution in [0.3, 0.4) is 0 Å². The summed E-state index contributed by atoms with van der Waals surface area (Å²) < 4.78 is 32.2. The molecule has 16 nitrogen and oxygen atoms in total. The molecule has 0 saturated heterocycles. The molecule has 0 bridgehead atoms. The lowest BCUT2D eigenvalue weighted by molar-refractivity contribution is -0.144. The maximum absolute atomic E-state index is 13.5. The average molecular weight is 697 g/mol. The van der Waals surface area contributed by atoms with Crippen LogP contribution in [-0.4, -0.2) is 99.7 Å². The molecule has 2 unspecified atom stereocenters. The van der Waals surface area contributed by atoms with Crippen LogP contribution in [-0.2, 0) is 59.1 Å². The molecule has 0 spiro atoms. The van der Waals surface area contributed by atoms with E-state index in [0.29, 0.717) is 5.56 Å². The van der Waals surface area contributed by atoms with E-state index in [2.05, 4.69) is 35.5 Å². The topological polar surface area (TPSA) is 222 Å². The van der Waals surface area contributed by atoms with Crippen molar-refractivity contribution in [3.8, 4) is 0 Å². The van der Waals surface area contributed by atoms with E-state index in [1.807, 2.05) is 0 Å². The summed E-state index contributed by atoms with van der Waals surface area (Å²) in [7, 11) is 3.24. The monoisotopic (exact) mass is 696 g/mol. The standard InChI is InChI=1S/C32H45FN4O12/c1-19(2)15-24(37-32(45)49-18-20-9-7-6-8-10-20)31(44)35-21(11-13-26(39)46-3)29(42)34-22(12-14-27(40)47-4)30(43)36-23(25(38)17-33)16-28(41)48-5/h6-10,19,21-24H,11-18H2,1-5H3,(H,34,42)(H,35,44)(H,36,43)(H,37,45)/t21?,22-,23?,24-/m0/s1. The zero-order valence-electron chi connectivity index (χ0n) is 28.2. The average Bonchev–Trinajstić information content (AvgIpc) is 3.09. The molecule has 0 aromatic heterocycles. The smallest absolute Gasteiger partial charge is 0.408 e. The van der Waals surface area contributed by atoms with Gasteiger partial charge in [-0.1, -0.05) is 44.2 Å². The lowest BCUT2D eigenvalue weighted by Gasteiger charge is -2.26. The molecule has 0 radical (unpaired) electrons. The number of halogens is 1. The first-order chi connectivity index (χ1) is 23.2. The first kappa shape index (κ1) is 41.9. The molecule has 1 aromatic carbocycles. The molecular weight excluding hydrogens is 651 g/mol. The van der Waals surface area contributed by atoms with E-state index < -0.39 is 91.2 Å². The minimum Gasteiger partial charge on any atom is -0.469 e. The Morgan fingerprint density at radius 3 is 1.57 bits per heavy atom. The second kappa shape index (κ2) is 22.5. The SMILES string of the molecule is COC(=O)CCC(NC(=O)[C@H](CC(C)C)NC(=O)OCc1ccccc1)C(=O)N[C@@H](CCC(=O)OC)C(=O)NC(CC(=O)OC)C(=O)CF. The summed E-state index contributed by atoms with van der Waals surface area (Å²) >= 11 is 0. The summed E-state index contributed by atoms with van der Waals surface area (Å²) in [5, 5.41) is 9.53. The van der Waals surface area contributed by atoms with Crippen LogP contribution >= 0.6 is 0 Å². The largest absolute Gasteiger partial charge is 0.469 e. The fourth-order valence-electron chi connectivity index (χ4n) is 4.28. The molecule has 0 fully saturated rings. The molecule has 0 aliphatic rings. The van der Waals surface area contributed by atoms with Gasteiger partial charge in [0.2, 0.25) is 17.7 Å². The molecule has 4 N–H and O–H groups in total. The lowest BCUT2D eigenvalue weighted by Crippen LogP contribution is -2.58. The number of rotatable bonds is 21. The van der Waals surface area contributed by atoms with Crippen LogP contribution in [0.2, 0.25) is 0 Å². The molecule has 4 amide bonds. The number of nitrogens with one attached hydrogen (secondary N) is 4. The molecule has 49 heavy (non-hydrogen) atoms. The van der Waals surface area contributed by atoms with Gasteiger partial charge in [-0.15, -0.1) is 0 Å². The Bertz CT molecular complexity index is 1290. The number of alkyl halides is 1. The highest BCUT2D eigenvalue weighted by Crippen LogP contribution is 2.10. The third-order valence-electron chi connectivity index (χ3n) is 6.96. The summed E-state index contributed by atoms with van der Waals surface area (Å²) in [5.41, 5.74) is 0.707. The van der Waals surface area contributed by atoms with Crippen LogP contribution in [0.25, 0.3) is 0 Å².